The summed E-state index contributed by atoms with van der Waals surface area (Å²) in [5.74, 6) is 1.28. The predicted molar refractivity (Wildman–Crippen MR) is 87.8 cm³/mol. The Labute approximate surface area is 140 Å². The summed E-state index contributed by atoms with van der Waals surface area (Å²) in [5.41, 5.74) is 1.04. The fourth-order valence-corrected chi connectivity index (χ4v) is 4.46. The maximum absolute atomic E-state index is 5.82. The van der Waals surface area contributed by atoms with Gasteiger partial charge in [0.25, 0.3) is 0 Å². The summed E-state index contributed by atoms with van der Waals surface area (Å²) in [4.78, 5) is 1.17. The van der Waals surface area contributed by atoms with Gasteiger partial charge in [0.15, 0.2) is 0 Å². The third kappa shape index (κ3) is 3.73. The minimum Gasteiger partial charge on any atom is -0.486 e. The molecule has 1 heterocycles. The van der Waals surface area contributed by atoms with E-state index in [-0.39, 0.29) is 0 Å². The van der Waals surface area contributed by atoms with Crippen LogP contribution in [-0.4, -0.2) is 0 Å². The van der Waals surface area contributed by atoms with Crippen LogP contribution in [0.25, 0.3) is 0 Å². The highest BCUT2D eigenvalue weighted by Crippen LogP contribution is 2.36. The highest BCUT2D eigenvalue weighted by atomic mass is 79.9. The minimum absolute atomic E-state index is 0.481. The molecule has 0 atom stereocenters. The van der Waals surface area contributed by atoms with Crippen LogP contribution in [0, 0.1) is 0 Å². The van der Waals surface area contributed by atoms with E-state index >= 15 is 0 Å². The molecule has 0 fully saturated rings. The molecule has 0 bridgehead atoms. The van der Waals surface area contributed by atoms with E-state index in [2.05, 4.69) is 47.8 Å². The molecule has 96 valence electrons. The van der Waals surface area contributed by atoms with Gasteiger partial charge in [-0.05, 0) is 77.6 Å². The van der Waals surface area contributed by atoms with Gasteiger partial charge in [-0.25, -0.2) is 0 Å². The first-order chi connectivity index (χ1) is 8.60. The molecule has 0 aliphatic heterocycles. The summed E-state index contributed by atoms with van der Waals surface area (Å²) in [6, 6.07) is 8.00. The highest BCUT2D eigenvalue weighted by molar-refractivity contribution is 9.11. The van der Waals surface area contributed by atoms with E-state index in [1.165, 1.54) is 4.88 Å². The molecule has 1 aromatic carbocycles. The predicted octanol–water partition coefficient (Wildman–Crippen LogP) is 6.35. The lowest BCUT2D eigenvalue weighted by atomic mass is 10.2. The Bertz CT molecular complexity index is 533. The zero-order valence-electron chi connectivity index (χ0n) is 9.05. The topological polar surface area (TPSA) is 9.23 Å². The van der Waals surface area contributed by atoms with Crippen molar-refractivity contribution in [2.24, 2.45) is 0 Å². The van der Waals surface area contributed by atoms with E-state index in [1.54, 1.807) is 11.3 Å². The number of alkyl halides is 1. The number of rotatable bonds is 4. The molecule has 0 N–H and O–H groups in total. The van der Waals surface area contributed by atoms with Gasteiger partial charge in [0.1, 0.15) is 12.4 Å². The second kappa shape index (κ2) is 6.75. The quantitative estimate of drug-likeness (QED) is 0.468. The maximum Gasteiger partial charge on any atom is 0.148 e. The van der Waals surface area contributed by atoms with Crippen LogP contribution in [0.4, 0.5) is 0 Å². The van der Waals surface area contributed by atoms with Crippen molar-refractivity contribution in [1.29, 1.82) is 0 Å². The Morgan fingerprint density at radius 2 is 1.78 bits per heavy atom. The van der Waals surface area contributed by atoms with Crippen LogP contribution in [0.3, 0.4) is 0 Å². The average Bonchev–Trinajstić information content (AvgIpc) is 2.73. The molecule has 1 aromatic heterocycles. The summed E-state index contributed by atoms with van der Waals surface area (Å²) >= 11 is 17.9. The SMILES string of the molecule is ClCc1cc(Br)c(OCc2ccc(Br)s2)c(Br)c1. The van der Waals surface area contributed by atoms with Crippen molar-refractivity contribution < 1.29 is 4.74 Å². The summed E-state index contributed by atoms with van der Waals surface area (Å²) < 4.78 is 8.74. The van der Waals surface area contributed by atoms with E-state index < -0.39 is 0 Å². The monoisotopic (exact) mass is 472 g/mol. The molecule has 18 heavy (non-hydrogen) atoms. The first kappa shape index (κ1) is 14.9. The van der Waals surface area contributed by atoms with Crippen molar-refractivity contribution in [2.45, 2.75) is 12.5 Å². The molecule has 0 saturated carbocycles. The summed E-state index contributed by atoms with van der Waals surface area (Å²) in [6.45, 7) is 0.549. The fraction of sp³-hybridized carbons (Fsp3) is 0.167. The Morgan fingerprint density at radius 1 is 1.11 bits per heavy atom. The van der Waals surface area contributed by atoms with Crippen LogP contribution in [0.5, 0.6) is 5.75 Å². The van der Waals surface area contributed by atoms with Crippen molar-refractivity contribution in [3.05, 3.63) is 47.4 Å². The van der Waals surface area contributed by atoms with Crippen LogP contribution in [0.15, 0.2) is 37.0 Å². The number of ether oxygens (including phenoxy) is 1. The van der Waals surface area contributed by atoms with Crippen molar-refractivity contribution in [2.75, 3.05) is 0 Å². The lowest BCUT2D eigenvalue weighted by Gasteiger charge is -2.10. The van der Waals surface area contributed by atoms with E-state index in [4.69, 9.17) is 16.3 Å². The molecule has 2 aromatic rings. The van der Waals surface area contributed by atoms with Gasteiger partial charge in [0.2, 0.25) is 0 Å². The zero-order valence-corrected chi connectivity index (χ0v) is 15.4. The fourth-order valence-electron chi connectivity index (χ4n) is 1.40. The molecule has 0 aliphatic rings. The normalized spacial score (nSPS) is 10.7. The highest BCUT2D eigenvalue weighted by Gasteiger charge is 2.09. The summed E-state index contributed by atoms with van der Waals surface area (Å²) in [5, 5.41) is 0. The Hall–Kier alpha value is 0.450. The van der Waals surface area contributed by atoms with Crippen molar-refractivity contribution in [3.8, 4) is 5.75 Å². The maximum atomic E-state index is 5.82. The van der Waals surface area contributed by atoms with Gasteiger partial charge in [-0.3, -0.25) is 0 Å². The van der Waals surface area contributed by atoms with Gasteiger partial charge < -0.3 is 4.74 Å². The lowest BCUT2D eigenvalue weighted by Crippen LogP contribution is -1.95. The molecule has 0 spiro atoms. The van der Waals surface area contributed by atoms with E-state index in [1.807, 2.05) is 24.3 Å². The standard InChI is InChI=1S/C12H8Br3ClOS/c13-9-3-7(5-16)4-10(14)12(9)17-6-8-1-2-11(15)18-8/h1-4H,5-6H2. The number of thiophene rings is 1. The molecule has 0 amide bonds. The smallest absolute Gasteiger partial charge is 0.148 e. The number of halogens is 4. The largest absolute Gasteiger partial charge is 0.486 e. The van der Waals surface area contributed by atoms with E-state index in [9.17, 15) is 0 Å². The van der Waals surface area contributed by atoms with Crippen molar-refractivity contribution in [3.63, 3.8) is 0 Å². The number of hydrogen-bond acceptors (Lipinski definition) is 2. The van der Waals surface area contributed by atoms with Gasteiger partial charge in [0.05, 0.1) is 12.7 Å². The van der Waals surface area contributed by atoms with Crippen LogP contribution in [0.2, 0.25) is 0 Å². The van der Waals surface area contributed by atoms with Crippen molar-refractivity contribution >= 4 is 70.7 Å². The third-order valence-corrected chi connectivity index (χ3v) is 5.28. The summed E-state index contributed by atoms with van der Waals surface area (Å²) in [7, 11) is 0. The minimum atomic E-state index is 0.481. The molecular weight excluding hydrogens is 467 g/mol. The van der Waals surface area contributed by atoms with E-state index in [0.717, 1.165) is 24.0 Å². The van der Waals surface area contributed by atoms with Gasteiger partial charge in [-0.15, -0.1) is 22.9 Å². The second-order valence-corrected chi connectivity index (χ2v) is 8.04. The average molecular weight is 475 g/mol. The van der Waals surface area contributed by atoms with Gasteiger partial charge in [-0.2, -0.15) is 0 Å². The molecular formula is C12H8Br3ClOS. The van der Waals surface area contributed by atoms with Gasteiger partial charge in [-0.1, -0.05) is 0 Å². The first-order valence-corrected chi connectivity index (χ1v) is 8.74. The zero-order chi connectivity index (χ0) is 13.1. The second-order valence-electron chi connectivity index (χ2n) is 3.52. The molecule has 1 nitrogen and oxygen atoms in total. The Kier molecular flexibility index (Phi) is 5.57. The van der Waals surface area contributed by atoms with Crippen LogP contribution >= 0.6 is 70.7 Å². The molecule has 2 rings (SSSR count). The summed E-state index contributed by atoms with van der Waals surface area (Å²) in [6.07, 6.45) is 0. The van der Waals surface area contributed by atoms with Gasteiger partial charge in [0, 0.05) is 10.8 Å². The third-order valence-electron chi connectivity index (χ3n) is 2.20. The molecule has 0 aliphatic carbocycles. The number of hydrogen-bond donors (Lipinski definition) is 0. The molecule has 0 saturated heterocycles. The molecule has 6 heteroatoms. The van der Waals surface area contributed by atoms with Crippen LogP contribution < -0.4 is 4.74 Å². The van der Waals surface area contributed by atoms with Gasteiger partial charge >= 0.3 is 0 Å². The van der Waals surface area contributed by atoms with Crippen LogP contribution in [-0.2, 0) is 12.5 Å². The van der Waals surface area contributed by atoms with Crippen molar-refractivity contribution in [1.82, 2.24) is 0 Å². The molecule has 0 radical (unpaired) electrons. The first-order valence-electron chi connectivity index (χ1n) is 5.01. The Morgan fingerprint density at radius 3 is 2.28 bits per heavy atom. The lowest BCUT2D eigenvalue weighted by molar-refractivity contribution is 0.305. The van der Waals surface area contributed by atoms with Crippen LogP contribution in [0.1, 0.15) is 10.4 Å². The molecule has 0 unspecified atom stereocenters. The van der Waals surface area contributed by atoms with E-state index in [0.29, 0.717) is 12.5 Å². The Balaban J connectivity index is 2.14. The number of benzene rings is 1.